The lowest BCUT2D eigenvalue weighted by atomic mass is 10.2. The third-order valence-corrected chi connectivity index (χ3v) is 5.27. The van der Waals surface area contributed by atoms with Gasteiger partial charge in [0.25, 0.3) is 5.91 Å². The maximum absolute atomic E-state index is 13.7. The number of nitrogens with one attached hydrogen (secondary N) is 1. The van der Waals surface area contributed by atoms with Crippen LogP contribution in [0.4, 0.5) is 10.1 Å². The molecule has 2 N–H and O–H groups in total. The molecule has 0 radical (unpaired) electrons. The zero-order chi connectivity index (χ0) is 23.1. The Balaban J connectivity index is 1.41. The second-order valence-electron chi connectivity index (χ2n) is 8.71. The van der Waals surface area contributed by atoms with Gasteiger partial charge in [0.2, 0.25) is 5.89 Å². The van der Waals surface area contributed by atoms with Crippen LogP contribution in [-0.4, -0.2) is 77.8 Å². The van der Waals surface area contributed by atoms with Gasteiger partial charge in [0.15, 0.2) is 5.69 Å². The fraction of sp³-hybridized carbons (Fsp3) is 0.565. The molecule has 8 nitrogen and oxygen atoms in total. The van der Waals surface area contributed by atoms with E-state index in [9.17, 15) is 14.3 Å². The average Bonchev–Trinajstić information content (AvgIpc) is 3.20. The normalized spacial score (nSPS) is 16.4. The van der Waals surface area contributed by atoms with Crippen LogP contribution >= 0.6 is 0 Å². The largest absolute Gasteiger partial charge is 0.447 e. The Labute approximate surface area is 188 Å². The molecule has 0 unspecified atom stereocenters. The molecule has 1 aromatic carbocycles. The monoisotopic (exact) mass is 448 g/mol. The highest BCUT2D eigenvalue weighted by atomic mass is 19.1. The van der Waals surface area contributed by atoms with Crippen molar-refractivity contribution in [1.29, 1.82) is 0 Å². The van der Waals surface area contributed by atoms with Gasteiger partial charge in [0, 0.05) is 45.0 Å². The summed E-state index contributed by atoms with van der Waals surface area (Å²) < 4.78 is 24.6. The minimum atomic E-state index is -0.491. The highest BCUT2D eigenvalue weighted by molar-refractivity contribution is 6.02. The number of benzene rings is 1. The number of amides is 1. The summed E-state index contributed by atoms with van der Waals surface area (Å²) in [7, 11) is 0. The number of aryl methyl sites for hydroxylation is 1. The van der Waals surface area contributed by atoms with Gasteiger partial charge in [0.05, 0.1) is 19.3 Å². The number of ether oxygens (including phenoxy) is 1. The van der Waals surface area contributed by atoms with Gasteiger partial charge in [-0.05, 0) is 30.5 Å². The summed E-state index contributed by atoms with van der Waals surface area (Å²) in [4.78, 5) is 21.0. The lowest BCUT2D eigenvalue weighted by Crippen LogP contribution is -2.48. The van der Waals surface area contributed by atoms with Gasteiger partial charge in [-0.1, -0.05) is 19.9 Å². The average molecular weight is 449 g/mol. The number of rotatable bonds is 10. The van der Waals surface area contributed by atoms with Crippen molar-refractivity contribution >= 4 is 11.6 Å². The standard InChI is InChI=1S/C23H33FN4O4/c1-16(2)13-31-14-19(29)11-27-6-8-28(9-7-27)12-22-26-21(15-32-22)23(30)25-18-5-4-17(3)20(24)10-18/h4-5,10,15-16,19,29H,6-9,11-14H2,1-3H3,(H,25,30)/t19-/m1/s1. The number of aliphatic hydroxyl groups is 1. The van der Waals surface area contributed by atoms with Crippen LogP contribution < -0.4 is 5.32 Å². The van der Waals surface area contributed by atoms with Gasteiger partial charge < -0.3 is 19.6 Å². The number of oxazole rings is 1. The molecule has 0 saturated carbocycles. The summed E-state index contributed by atoms with van der Waals surface area (Å²) in [5, 5.41) is 12.8. The molecule has 0 spiro atoms. The topological polar surface area (TPSA) is 91.1 Å². The van der Waals surface area contributed by atoms with E-state index in [1.54, 1.807) is 19.1 Å². The first kappa shape index (κ1) is 24.3. The number of hydrogen-bond acceptors (Lipinski definition) is 7. The number of anilines is 1. The summed E-state index contributed by atoms with van der Waals surface area (Å²) in [6.45, 7) is 11.2. The fourth-order valence-electron chi connectivity index (χ4n) is 3.47. The molecule has 1 aliphatic heterocycles. The van der Waals surface area contributed by atoms with E-state index in [0.29, 0.717) is 49.4 Å². The Kier molecular flexibility index (Phi) is 8.75. The molecule has 32 heavy (non-hydrogen) atoms. The minimum Gasteiger partial charge on any atom is -0.447 e. The second-order valence-corrected chi connectivity index (χ2v) is 8.71. The van der Waals surface area contributed by atoms with E-state index in [2.05, 4.69) is 33.9 Å². The molecule has 1 aliphatic rings. The van der Waals surface area contributed by atoms with E-state index in [1.807, 2.05) is 0 Å². The van der Waals surface area contributed by atoms with E-state index >= 15 is 0 Å². The van der Waals surface area contributed by atoms with E-state index in [0.717, 1.165) is 26.2 Å². The van der Waals surface area contributed by atoms with Gasteiger partial charge in [-0.3, -0.25) is 14.6 Å². The third-order valence-electron chi connectivity index (χ3n) is 5.27. The van der Waals surface area contributed by atoms with E-state index in [1.165, 1.54) is 12.3 Å². The first-order valence-corrected chi connectivity index (χ1v) is 11.0. The first-order valence-electron chi connectivity index (χ1n) is 11.0. The van der Waals surface area contributed by atoms with Crippen LogP contribution in [0, 0.1) is 18.7 Å². The van der Waals surface area contributed by atoms with E-state index in [4.69, 9.17) is 9.15 Å². The molecular formula is C23H33FN4O4. The predicted molar refractivity (Wildman–Crippen MR) is 119 cm³/mol. The van der Waals surface area contributed by atoms with Crippen molar-refractivity contribution in [3.63, 3.8) is 0 Å². The van der Waals surface area contributed by atoms with Crippen LogP contribution in [0.25, 0.3) is 0 Å². The molecule has 1 aromatic heterocycles. The fourth-order valence-corrected chi connectivity index (χ4v) is 3.47. The smallest absolute Gasteiger partial charge is 0.277 e. The van der Waals surface area contributed by atoms with Gasteiger partial charge in [0.1, 0.15) is 12.1 Å². The SMILES string of the molecule is Cc1ccc(NC(=O)c2coc(CN3CCN(C[C@@H](O)COCC(C)C)CC3)n2)cc1F. The summed E-state index contributed by atoms with van der Waals surface area (Å²) in [5.41, 5.74) is 1.04. The first-order chi connectivity index (χ1) is 15.3. The zero-order valence-electron chi connectivity index (χ0n) is 19.0. The molecule has 2 heterocycles. The summed E-state index contributed by atoms with van der Waals surface area (Å²) in [6, 6.07) is 4.53. The molecule has 0 aliphatic carbocycles. The van der Waals surface area contributed by atoms with Gasteiger partial charge in [-0.15, -0.1) is 0 Å². The highest BCUT2D eigenvalue weighted by Crippen LogP contribution is 2.15. The summed E-state index contributed by atoms with van der Waals surface area (Å²) in [5.74, 6) is 0.0964. The molecule has 1 saturated heterocycles. The number of β-amino-alcohol motifs (C(OH)–C–C–N with tert-alkyl or cyclic N) is 1. The van der Waals surface area contributed by atoms with Crippen molar-refractivity contribution in [2.24, 2.45) is 5.92 Å². The quantitative estimate of drug-likeness (QED) is 0.577. The second kappa shape index (κ2) is 11.5. The maximum Gasteiger partial charge on any atom is 0.277 e. The zero-order valence-corrected chi connectivity index (χ0v) is 19.0. The van der Waals surface area contributed by atoms with Crippen molar-refractivity contribution in [2.45, 2.75) is 33.4 Å². The molecular weight excluding hydrogens is 415 g/mol. The minimum absolute atomic E-state index is 0.157. The lowest BCUT2D eigenvalue weighted by molar-refractivity contribution is -0.000850. The van der Waals surface area contributed by atoms with Gasteiger partial charge in [-0.2, -0.15) is 0 Å². The van der Waals surface area contributed by atoms with Crippen molar-refractivity contribution in [2.75, 3.05) is 51.3 Å². The lowest BCUT2D eigenvalue weighted by Gasteiger charge is -2.34. The number of carbonyl (C=O) groups excluding carboxylic acids is 1. The maximum atomic E-state index is 13.7. The Hall–Kier alpha value is -2.33. The molecule has 2 aromatic rings. The molecule has 176 valence electrons. The number of hydrogen-bond donors (Lipinski definition) is 2. The number of aromatic nitrogens is 1. The van der Waals surface area contributed by atoms with Gasteiger partial charge >= 0.3 is 0 Å². The Morgan fingerprint density at radius 2 is 1.97 bits per heavy atom. The third kappa shape index (κ3) is 7.37. The predicted octanol–water partition coefficient (Wildman–Crippen LogP) is 2.53. The van der Waals surface area contributed by atoms with Crippen LogP contribution in [-0.2, 0) is 11.3 Å². The van der Waals surface area contributed by atoms with Crippen molar-refractivity contribution in [1.82, 2.24) is 14.8 Å². The van der Waals surface area contributed by atoms with Crippen molar-refractivity contribution in [3.05, 3.63) is 47.4 Å². The Morgan fingerprint density at radius 1 is 1.25 bits per heavy atom. The van der Waals surface area contributed by atoms with E-state index < -0.39 is 12.0 Å². The molecule has 1 fully saturated rings. The molecule has 0 bridgehead atoms. The van der Waals surface area contributed by atoms with Crippen LogP contribution in [0.5, 0.6) is 0 Å². The number of aliphatic hydroxyl groups excluding tert-OH is 1. The Morgan fingerprint density at radius 3 is 2.66 bits per heavy atom. The van der Waals surface area contributed by atoms with Crippen LogP contribution in [0.3, 0.4) is 0 Å². The van der Waals surface area contributed by atoms with Crippen LogP contribution in [0.2, 0.25) is 0 Å². The number of carbonyl (C=O) groups is 1. The van der Waals surface area contributed by atoms with Gasteiger partial charge in [-0.25, -0.2) is 9.37 Å². The van der Waals surface area contributed by atoms with Crippen LogP contribution in [0.1, 0.15) is 35.8 Å². The molecule has 3 rings (SSSR count). The summed E-state index contributed by atoms with van der Waals surface area (Å²) in [6.07, 6.45) is 0.828. The Bertz CT molecular complexity index is 881. The number of halogens is 1. The highest BCUT2D eigenvalue weighted by Gasteiger charge is 2.21. The van der Waals surface area contributed by atoms with Crippen molar-refractivity contribution in [3.8, 4) is 0 Å². The van der Waals surface area contributed by atoms with Crippen molar-refractivity contribution < 1.29 is 23.4 Å². The van der Waals surface area contributed by atoms with Crippen LogP contribution in [0.15, 0.2) is 28.9 Å². The summed E-state index contributed by atoms with van der Waals surface area (Å²) >= 11 is 0. The van der Waals surface area contributed by atoms with E-state index in [-0.39, 0.29) is 11.5 Å². The number of piperazine rings is 1. The number of nitrogens with zero attached hydrogens (tertiary/aromatic N) is 3. The molecule has 9 heteroatoms. The molecule has 1 amide bonds. The molecule has 1 atom stereocenters.